The molecule has 1 aromatic carbocycles. The largest absolute Gasteiger partial charge is 0.492 e. The standard InChI is InChI=1S/C17H27Cl2NO.ClH/c1-6-20(8-7-18)14(5)11-21-17-9-13(4)16(19)10-15(17)12(2)3;/h9-10,12,14H,6-8,11H2,1-5H3;1H. The van der Waals surface area contributed by atoms with Gasteiger partial charge in [0.05, 0.1) is 0 Å². The maximum absolute atomic E-state index is 6.23. The Morgan fingerprint density at radius 3 is 2.36 bits per heavy atom. The van der Waals surface area contributed by atoms with Crippen LogP contribution in [0.5, 0.6) is 5.75 Å². The van der Waals surface area contributed by atoms with Crippen LogP contribution in [-0.4, -0.2) is 36.5 Å². The Labute approximate surface area is 151 Å². The van der Waals surface area contributed by atoms with Gasteiger partial charge in [0.15, 0.2) is 0 Å². The molecule has 0 aromatic heterocycles. The summed E-state index contributed by atoms with van der Waals surface area (Å²) < 4.78 is 6.08. The Morgan fingerprint density at radius 1 is 1.23 bits per heavy atom. The summed E-state index contributed by atoms with van der Waals surface area (Å²) in [6, 6.07) is 4.41. The lowest BCUT2D eigenvalue weighted by Gasteiger charge is -2.27. The highest BCUT2D eigenvalue weighted by Gasteiger charge is 2.15. The fourth-order valence-corrected chi connectivity index (χ4v) is 2.75. The molecule has 22 heavy (non-hydrogen) atoms. The van der Waals surface area contributed by atoms with E-state index in [2.05, 4.69) is 32.6 Å². The third-order valence-electron chi connectivity index (χ3n) is 3.79. The third-order valence-corrected chi connectivity index (χ3v) is 4.37. The number of alkyl halides is 1. The second-order valence-electron chi connectivity index (χ2n) is 5.77. The molecule has 5 heteroatoms. The van der Waals surface area contributed by atoms with Crippen LogP contribution in [0, 0.1) is 6.92 Å². The summed E-state index contributed by atoms with van der Waals surface area (Å²) in [6.45, 7) is 13.2. The first kappa shape index (κ1) is 21.9. The lowest BCUT2D eigenvalue weighted by atomic mass is 10.0. The number of aryl methyl sites for hydroxylation is 1. The van der Waals surface area contributed by atoms with Crippen LogP contribution in [0.4, 0.5) is 0 Å². The number of likely N-dealkylation sites (N-methyl/N-ethyl adjacent to an activating group) is 1. The lowest BCUT2D eigenvalue weighted by molar-refractivity contribution is 0.158. The van der Waals surface area contributed by atoms with Crippen LogP contribution in [0.1, 0.15) is 44.7 Å². The van der Waals surface area contributed by atoms with Crippen molar-refractivity contribution in [2.24, 2.45) is 0 Å². The molecule has 0 bridgehead atoms. The number of nitrogens with zero attached hydrogens (tertiary/aromatic N) is 1. The molecule has 128 valence electrons. The zero-order valence-corrected chi connectivity index (χ0v) is 16.5. The summed E-state index contributed by atoms with van der Waals surface area (Å²) in [6.07, 6.45) is 0. The van der Waals surface area contributed by atoms with Crippen molar-refractivity contribution in [2.45, 2.75) is 46.6 Å². The van der Waals surface area contributed by atoms with E-state index < -0.39 is 0 Å². The van der Waals surface area contributed by atoms with Gasteiger partial charge in [-0.3, -0.25) is 4.90 Å². The number of rotatable bonds is 8. The van der Waals surface area contributed by atoms with E-state index in [1.165, 1.54) is 0 Å². The van der Waals surface area contributed by atoms with Crippen LogP contribution in [-0.2, 0) is 0 Å². The Morgan fingerprint density at radius 2 is 1.86 bits per heavy atom. The van der Waals surface area contributed by atoms with Crippen molar-refractivity contribution < 1.29 is 4.74 Å². The molecular formula is C17H28Cl3NO. The average Bonchev–Trinajstić information content (AvgIpc) is 2.44. The molecule has 0 heterocycles. The van der Waals surface area contributed by atoms with Crippen molar-refractivity contribution in [3.8, 4) is 5.75 Å². The quantitative estimate of drug-likeness (QED) is 0.560. The summed E-state index contributed by atoms with van der Waals surface area (Å²) in [7, 11) is 0. The predicted molar refractivity (Wildman–Crippen MR) is 100 cm³/mol. The molecule has 0 N–H and O–H groups in total. The SMILES string of the molecule is CCN(CCCl)C(C)COc1cc(C)c(Cl)cc1C(C)C.Cl. The molecule has 0 spiro atoms. The molecule has 0 saturated carbocycles. The topological polar surface area (TPSA) is 12.5 Å². The van der Waals surface area contributed by atoms with E-state index in [4.69, 9.17) is 27.9 Å². The second-order valence-corrected chi connectivity index (χ2v) is 6.56. The summed E-state index contributed by atoms with van der Waals surface area (Å²) in [5.74, 6) is 1.98. The van der Waals surface area contributed by atoms with E-state index in [0.717, 1.165) is 35.0 Å². The van der Waals surface area contributed by atoms with Gasteiger partial charge in [0.1, 0.15) is 12.4 Å². The first-order valence-electron chi connectivity index (χ1n) is 7.63. The molecule has 1 aromatic rings. The predicted octanol–water partition coefficient (Wildman–Crippen LogP) is 5.52. The van der Waals surface area contributed by atoms with Crippen LogP contribution >= 0.6 is 35.6 Å². The van der Waals surface area contributed by atoms with Crippen LogP contribution in [0.15, 0.2) is 12.1 Å². The van der Waals surface area contributed by atoms with Crippen molar-refractivity contribution in [1.82, 2.24) is 4.90 Å². The molecule has 0 saturated heterocycles. The zero-order chi connectivity index (χ0) is 16.0. The maximum atomic E-state index is 6.23. The maximum Gasteiger partial charge on any atom is 0.123 e. The lowest BCUT2D eigenvalue weighted by Crippen LogP contribution is -2.38. The molecule has 0 radical (unpaired) electrons. The molecule has 1 unspecified atom stereocenters. The summed E-state index contributed by atoms with van der Waals surface area (Å²) in [5, 5.41) is 0.802. The highest BCUT2D eigenvalue weighted by molar-refractivity contribution is 6.31. The normalized spacial score (nSPS) is 12.4. The monoisotopic (exact) mass is 367 g/mol. The number of ether oxygens (including phenoxy) is 1. The van der Waals surface area contributed by atoms with Gasteiger partial charge in [-0.05, 0) is 49.6 Å². The minimum atomic E-state index is 0. The van der Waals surface area contributed by atoms with Gasteiger partial charge in [0.25, 0.3) is 0 Å². The third kappa shape index (κ3) is 6.16. The molecule has 0 aliphatic rings. The Balaban J connectivity index is 0.00000441. The van der Waals surface area contributed by atoms with Crippen molar-refractivity contribution >= 4 is 35.6 Å². The van der Waals surface area contributed by atoms with Gasteiger partial charge in [-0.2, -0.15) is 0 Å². The Hall–Kier alpha value is -0.150. The minimum Gasteiger partial charge on any atom is -0.492 e. The summed E-state index contributed by atoms with van der Waals surface area (Å²) >= 11 is 12.1. The van der Waals surface area contributed by atoms with E-state index >= 15 is 0 Å². The van der Waals surface area contributed by atoms with Crippen molar-refractivity contribution in [3.05, 3.63) is 28.3 Å². The van der Waals surface area contributed by atoms with Crippen molar-refractivity contribution in [3.63, 3.8) is 0 Å². The molecule has 0 fully saturated rings. The molecule has 0 aliphatic heterocycles. The Bertz CT molecular complexity index is 452. The molecule has 2 nitrogen and oxygen atoms in total. The van der Waals surface area contributed by atoms with Crippen LogP contribution in [0.25, 0.3) is 0 Å². The molecule has 0 aliphatic carbocycles. The van der Waals surface area contributed by atoms with E-state index in [9.17, 15) is 0 Å². The first-order chi connectivity index (χ1) is 9.90. The van der Waals surface area contributed by atoms with Gasteiger partial charge in [-0.25, -0.2) is 0 Å². The number of hydrogen-bond acceptors (Lipinski definition) is 2. The van der Waals surface area contributed by atoms with Crippen molar-refractivity contribution in [1.29, 1.82) is 0 Å². The van der Waals surface area contributed by atoms with Crippen LogP contribution in [0.3, 0.4) is 0 Å². The summed E-state index contributed by atoms with van der Waals surface area (Å²) in [5.41, 5.74) is 2.22. The number of hydrogen-bond donors (Lipinski definition) is 0. The number of benzene rings is 1. The molecule has 1 rings (SSSR count). The average molecular weight is 369 g/mol. The smallest absolute Gasteiger partial charge is 0.123 e. The zero-order valence-electron chi connectivity index (χ0n) is 14.2. The highest BCUT2D eigenvalue weighted by Crippen LogP contribution is 2.32. The molecular weight excluding hydrogens is 341 g/mol. The van der Waals surface area contributed by atoms with E-state index in [1.54, 1.807) is 0 Å². The van der Waals surface area contributed by atoms with Gasteiger partial charge < -0.3 is 4.74 Å². The van der Waals surface area contributed by atoms with E-state index in [1.807, 2.05) is 19.1 Å². The van der Waals surface area contributed by atoms with Gasteiger partial charge >= 0.3 is 0 Å². The van der Waals surface area contributed by atoms with Gasteiger partial charge in [-0.1, -0.05) is 32.4 Å². The van der Waals surface area contributed by atoms with E-state index in [0.29, 0.717) is 24.4 Å². The van der Waals surface area contributed by atoms with Crippen LogP contribution in [0.2, 0.25) is 5.02 Å². The number of halogens is 3. The van der Waals surface area contributed by atoms with Gasteiger partial charge in [-0.15, -0.1) is 24.0 Å². The second kappa shape index (κ2) is 10.6. The fourth-order valence-electron chi connectivity index (χ4n) is 2.36. The van der Waals surface area contributed by atoms with Crippen molar-refractivity contribution in [2.75, 3.05) is 25.6 Å². The fraction of sp³-hybridized carbons (Fsp3) is 0.647. The van der Waals surface area contributed by atoms with Crippen LogP contribution < -0.4 is 4.74 Å². The molecule has 0 amide bonds. The minimum absolute atomic E-state index is 0. The van der Waals surface area contributed by atoms with E-state index in [-0.39, 0.29) is 12.4 Å². The van der Waals surface area contributed by atoms with Gasteiger partial charge in [0.2, 0.25) is 0 Å². The highest BCUT2D eigenvalue weighted by atomic mass is 35.5. The first-order valence-corrected chi connectivity index (χ1v) is 8.54. The van der Waals surface area contributed by atoms with Gasteiger partial charge in [0, 0.05) is 23.5 Å². The Kier molecular flexibility index (Phi) is 10.5. The summed E-state index contributed by atoms with van der Waals surface area (Å²) in [4.78, 5) is 2.32. The molecule has 1 atom stereocenters.